The largest absolute Gasteiger partial charge is 0.358 e. The van der Waals surface area contributed by atoms with Gasteiger partial charge >= 0.3 is 5.82 Å². The monoisotopic (exact) mass is 219 g/mol. The molecule has 0 saturated carbocycles. The fraction of sp³-hybridized carbons (Fsp3) is 0.333. The minimum absolute atomic E-state index is 0.0338. The van der Waals surface area contributed by atoms with Gasteiger partial charge in [0.1, 0.15) is 6.20 Å². The zero-order chi connectivity index (χ0) is 11.1. The van der Waals surface area contributed by atoms with Crippen LogP contribution in [0.3, 0.4) is 0 Å². The molecule has 3 rings (SSSR count). The number of aryl methyl sites for hydroxylation is 1. The summed E-state index contributed by atoms with van der Waals surface area (Å²) in [5, 5.41) is 10.8. The van der Waals surface area contributed by atoms with Crippen molar-refractivity contribution >= 4 is 5.82 Å². The van der Waals surface area contributed by atoms with E-state index in [4.69, 9.17) is 0 Å². The highest BCUT2D eigenvalue weighted by Gasteiger charge is 2.26. The van der Waals surface area contributed by atoms with E-state index in [1.54, 1.807) is 10.8 Å². The highest BCUT2D eigenvalue weighted by molar-refractivity contribution is 5.49. The molecule has 0 atom stereocenters. The van der Waals surface area contributed by atoms with Crippen LogP contribution >= 0.6 is 0 Å². The van der Waals surface area contributed by atoms with Gasteiger partial charge in [-0.05, 0) is 4.92 Å². The van der Waals surface area contributed by atoms with Gasteiger partial charge in [-0.1, -0.05) is 0 Å². The second-order valence-corrected chi connectivity index (χ2v) is 3.65. The number of nitrogens with zero attached hydrogens (tertiary/aromatic N) is 5. The first-order valence-electron chi connectivity index (χ1n) is 4.99. The summed E-state index contributed by atoms with van der Waals surface area (Å²) in [4.78, 5) is 18.7. The van der Waals surface area contributed by atoms with Crippen LogP contribution in [-0.2, 0) is 13.1 Å². The molecule has 3 heterocycles. The van der Waals surface area contributed by atoms with Crippen molar-refractivity contribution in [2.24, 2.45) is 0 Å². The van der Waals surface area contributed by atoms with Crippen molar-refractivity contribution in [3.05, 3.63) is 28.7 Å². The van der Waals surface area contributed by atoms with Crippen LogP contribution in [0.25, 0.3) is 11.6 Å². The van der Waals surface area contributed by atoms with Crippen LogP contribution in [-0.4, -0.2) is 24.0 Å². The molecule has 7 nitrogen and oxygen atoms in total. The summed E-state index contributed by atoms with van der Waals surface area (Å²) in [5.74, 6) is 1.31. The third-order valence-electron chi connectivity index (χ3n) is 2.72. The average molecular weight is 219 g/mol. The summed E-state index contributed by atoms with van der Waals surface area (Å²) in [6, 6.07) is 0. The van der Waals surface area contributed by atoms with Gasteiger partial charge in [0.15, 0.2) is 0 Å². The normalized spacial score (nSPS) is 14.0. The number of aromatic nitrogens is 4. The Labute approximate surface area is 90.5 Å². The van der Waals surface area contributed by atoms with Crippen molar-refractivity contribution in [1.82, 2.24) is 19.1 Å². The van der Waals surface area contributed by atoms with Gasteiger partial charge in [0.05, 0.1) is 6.54 Å². The molecular weight excluding hydrogens is 210 g/mol. The second kappa shape index (κ2) is 3.16. The van der Waals surface area contributed by atoms with Gasteiger partial charge in [-0.2, -0.15) is 0 Å². The summed E-state index contributed by atoms with van der Waals surface area (Å²) in [7, 11) is 0. The van der Waals surface area contributed by atoms with E-state index >= 15 is 0 Å². The fourth-order valence-electron chi connectivity index (χ4n) is 2.01. The fourth-order valence-corrected chi connectivity index (χ4v) is 2.01. The van der Waals surface area contributed by atoms with Gasteiger partial charge in [-0.3, -0.25) is 0 Å². The lowest BCUT2D eigenvalue weighted by molar-refractivity contribution is -0.392. The van der Waals surface area contributed by atoms with Crippen LogP contribution in [0.5, 0.6) is 0 Å². The van der Waals surface area contributed by atoms with Crippen molar-refractivity contribution in [1.29, 1.82) is 0 Å². The summed E-state index contributed by atoms with van der Waals surface area (Å²) in [6.07, 6.45) is 5.68. The SMILES string of the molecule is O=[N+]([O-])c1cnc2n1CCCn1ccnc1-2. The number of hydrogen-bond donors (Lipinski definition) is 0. The smallest absolute Gasteiger partial charge is 0.343 e. The summed E-state index contributed by atoms with van der Waals surface area (Å²) < 4.78 is 3.58. The predicted octanol–water partition coefficient (Wildman–Crippen LogP) is 1.06. The van der Waals surface area contributed by atoms with Crippen molar-refractivity contribution in [2.45, 2.75) is 19.5 Å². The van der Waals surface area contributed by atoms with Crippen molar-refractivity contribution < 1.29 is 4.92 Å². The predicted molar refractivity (Wildman–Crippen MR) is 54.7 cm³/mol. The van der Waals surface area contributed by atoms with Crippen molar-refractivity contribution in [3.63, 3.8) is 0 Å². The maximum absolute atomic E-state index is 10.8. The summed E-state index contributed by atoms with van der Waals surface area (Å²) in [6.45, 7) is 1.42. The molecule has 0 unspecified atom stereocenters. The molecule has 0 aromatic carbocycles. The third-order valence-corrected chi connectivity index (χ3v) is 2.72. The Bertz CT molecular complexity index is 556. The van der Waals surface area contributed by atoms with E-state index in [-0.39, 0.29) is 5.82 Å². The van der Waals surface area contributed by atoms with Gasteiger partial charge in [-0.15, -0.1) is 0 Å². The Morgan fingerprint density at radius 2 is 2.19 bits per heavy atom. The molecule has 82 valence electrons. The molecule has 1 aliphatic heterocycles. The molecule has 7 heteroatoms. The minimum atomic E-state index is -0.408. The van der Waals surface area contributed by atoms with E-state index in [0.29, 0.717) is 18.2 Å². The Kier molecular flexibility index (Phi) is 1.79. The molecule has 0 saturated heterocycles. The highest BCUT2D eigenvalue weighted by Crippen LogP contribution is 2.25. The zero-order valence-electron chi connectivity index (χ0n) is 8.41. The van der Waals surface area contributed by atoms with Crippen LogP contribution < -0.4 is 0 Å². The molecule has 2 aromatic heterocycles. The quantitative estimate of drug-likeness (QED) is 0.530. The number of fused-ring (bicyclic) bond motifs is 3. The first-order valence-corrected chi connectivity index (χ1v) is 4.99. The van der Waals surface area contributed by atoms with Crippen LogP contribution in [0.2, 0.25) is 0 Å². The molecule has 1 aliphatic rings. The summed E-state index contributed by atoms with van der Waals surface area (Å²) in [5.41, 5.74) is 0. The average Bonchev–Trinajstić information content (AvgIpc) is 2.82. The first-order chi connectivity index (χ1) is 7.77. The molecule has 2 aromatic rings. The lowest BCUT2D eigenvalue weighted by atomic mass is 10.4. The standard InChI is InChI=1S/C9H9N5O2/c15-14(16)7-6-11-9-8-10-2-5-12(8)3-1-4-13(7)9/h2,5-6H,1,3-4H2. The molecule has 0 bridgehead atoms. The molecule has 16 heavy (non-hydrogen) atoms. The second-order valence-electron chi connectivity index (χ2n) is 3.65. The maximum atomic E-state index is 10.8. The van der Waals surface area contributed by atoms with Crippen molar-refractivity contribution in [2.75, 3.05) is 0 Å². The lowest BCUT2D eigenvalue weighted by Gasteiger charge is -1.98. The van der Waals surface area contributed by atoms with Crippen LogP contribution in [0, 0.1) is 10.1 Å². The molecule has 0 fully saturated rings. The number of imidazole rings is 2. The van der Waals surface area contributed by atoms with Gasteiger partial charge in [0, 0.05) is 25.4 Å². The first kappa shape index (κ1) is 9.08. The van der Waals surface area contributed by atoms with E-state index in [2.05, 4.69) is 9.97 Å². The highest BCUT2D eigenvalue weighted by atomic mass is 16.6. The van der Waals surface area contributed by atoms with E-state index in [0.717, 1.165) is 13.0 Å². The van der Waals surface area contributed by atoms with Crippen LogP contribution in [0.4, 0.5) is 5.82 Å². The number of nitro groups is 1. The molecule has 0 spiro atoms. The molecule has 0 amide bonds. The third kappa shape index (κ3) is 1.14. The Hall–Kier alpha value is -2.18. The molecule has 0 N–H and O–H groups in total. The topological polar surface area (TPSA) is 78.8 Å². The van der Waals surface area contributed by atoms with Gasteiger partial charge < -0.3 is 14.7 Å². The molecular formula is C9H9N5O2. The zero-order valence-corrected chi connectivity index (χ0v) is 8.41. The van der Waals surface area contributed by atoms with E-state index in [1.807, 2.05) is 10.8 Å². The van der Waals surface area contributed by atoms with Crippen LogP contribution in [0.1, 0.15) is 6.42 Å². The minimum Gasteiger partial charge on any atom is -0.358 e. The van der Waals surface area contributed by atoms with Gasteiger partial charge in [0.2, 0.25) is 5.82 Å². The van der Waals surface area contributed by atoms with Crippen LogP contribution in [0.15, 0.2) is 18.6 Å². The van der Waals surface area contributed by atoms with E-state index in [1.165, 1.54) is 6.20 Å². The Morgan fingerprint density at radius 1 is 1.31 bits per heavy atom. The number of rotatable bonds is 1. The Balaban J connectivity index is 2.23. The summed E-state index contributed by atoms with van der Waals surface area (Å²) >= 11 is 0. The van der Waals surface area contributed by atoms with Gasteiger partial charge in [-0.25, -0.2) is 14.5 Å². The molecule has 0 aliphatic carbocycles. The van der Waals surface area contributed by atoms with Gasteiger partial charge in [0.25, 0.3) is 5.82 Å². The maximum Gasteiger partial charge on any atom is 0.343 e. The lowest BCUT2D eigenvalue weighted by Crippen LogP contribution is -2.03. The van der Waals surface area contributed by atoms with E-state index in [9.17, 15) is 10.1 Å². The van der Waals surface area contributed by atoms with Crippen molar-refractivity contribution in [3.8, 4) is 11.6 Å². The molecule has 0 radical (unpaired) electrons. The van der Waals surface area contributed by atoms with E-state index < -0.39 is 4.92 Å². The Morgan fingerprint density at radius 3 is 3.00 bits per heavy atom. The number of hydrogen-bond acceptors (Lipinski definition) is 4.